The molecule has 2 atom stereocenters. The smallest absolute Gasteiger partial charge is 0.262 e. The number of halogens is 3. The van der Waals surface area contributed by atoms with E-state index in [1.807, 2.05) is 16.9 Å². The van der Waals surface area contributed by atoms with Gasteiger partial charge in [-0.25, -0.2) is 9.37 Å². The summed E-state index contributed by atoms with van der Waals surface area (Å²) in [5.74, 6) is -2.21. The molecule has 0 spiro atoms. The minimum Gasteiger partial charge on any atom is -0.482 e. The summed E-state index contributed by atoms with van der Waals surface area (Å²) in [4.78, 5) is 57.8. The summed E-state index contributed by atoms with van der Waals surface area (Å²) >= 11 is 12.5. The van der Waals surface area contributed by atoms with Gasteiger partial charge in [-0.3, -0.25) is 39.0 Å². The molecule has 3 aliphatic rings. The Bertz CT molecular complexity index is 2050. The first-order valence-corrected chi connectivity index (χ1v) is 16.9. The Morgan fingerprint density at radius 2 is 1.76 bits per heavy atom. The Hall–Kier alpha value is -4.85. The summed E-state index contributed by atoms with van der Waals surface area (Å²) in [7, 11) is 0. The molecule has 7 rings (SSSR count). The van der Waals surface area contributed by atoms with Crippen LogP contribution in [0.2, 0.25) is 10.0 Å². The molecule has 2 fully saturated rings. The predicted octanol–water partition coefficient (Wildman–Crippen LogP) is 5.35. The Morgan fingerprint density at radius 3 is 2.52 bits per heavy atom. The zero-order chi connectivity index (χ0) is 35.3. The number of rotatable bonds is 8. The number of likely N-dealkylation sites (tertiary alicyclic amines) is 1. The normalized spacial score (nSPS) is 19.1. The van der Waals surface area contributed by atoms with Gasteiger partial charge in [0.1, 0.15) is 18.0 Å². The molecule has 3 aliphatic heterocycles. The molecule has 258 valence electrons. The number of amides is 4. The molecule has 12 nitrogen and oxygen atoms in total. The van der Waals surface area contributed by atoms with E-state index in [0.29, 0.717) is 17.9 Å². The number of nitrogen functional groups attached to an aromatic ring is 1. The van der Waals surface area contributed by atoms with Gasteiger partial charge in [-0.05, 0) is 62.1 Å². The van der Waals surface area contributed by atoms with Crippen LogP contribution in [-0.4, -0.2) is 67.3 Å². The van der Waals surface area contributed by atoms with Crippen LogP contribution in [0.3, 0.4) is 0 Å². The number of aromatic nitrogens is 3. The van der Waals surface area contributed by atoms with Gasteiger partial charge in [0, 0.05) is 60.2 Å². The second-order valence-corrected chi connectivity index (χ2v) is 13.5. The van der Waals surface area contributed by atoms with E-state index in [1.54, 1.807) is 37.5 Å². The molecular weight excluding hydrogens is 688 g/mol. The van der Waals surface area contributed by atoms with Crippen LogP contribution in [0.15, 0.2) is 55.0 Å². The maximum atomic E-state index is 14.1. The van der Waals surface area contributed by atoms with Crippen molar-refractivity contribution >= 4 is 52.6 Å². The number of nitrogens with two attached hydrogens (primary N) is 1. The average Bonchev–Trinajstić information content (AvgIpc) is 3.68. The number of hydrogen-bond acceptors (Lipinski definition) is 9. The summed E-state index contributed by atoms with van der Waals surface area (Å²) in [6, 6.07) is 8.75. The molecule has 3 N–H and O–H groups in total. The van der Waals surface area contributed by atoms with Crippen molar-refractivity contribution in [2.75, 3.05) is 18.8 Å². The van der Waals surface area contributed by atoms with E-state index in [4.69, 9.17) is 33.7 Å². The molecule has 4 amide bonds. The van der Waals surface area contributed by atoms with Crippen molar-refractivity contribution in [2.24, 2.45) is 0 Å². The fourth-order valence-electron chi connectivity index (χ4n) is 6.78. The molecule has 0 aliphatic carbocycles. The third-order valence-electron chi connectivity index (χ3n) is 9.45. The highest BCUT2D eigenvalue weighted by Crippen LogP contribution is 2.37. The number of carbonyl (C=O) groups is 4. The number of fused-ring (bicyclic) bond motifs is 1. The lowest BCUT2D eigenvalue weighted by atomic mass is 10.0. The van der Waals surface area contributed by atoms with Gasteiger partial charge in [0.05, 0.1) is 28.4 Å². The second-order valence-electron chi connectivity index (χ2n) is 12.7. The van der Waals surface area contributed by atoms with Crippen LogP contribution in [0.1, 0.15) is 76.6 Å². The number of benzene rings is 2. The number of piperidine rings is 2. The molecule has 2 unspecified atom stereocenters. The second kappa shape index (κ2) is 13.5. The van der Waals surface area contributed by atoms with E-state index < -0.39 is 41.6 Å². The van der Waals surface area contributed by atoms with Crippen molar-refractivity contribution < 1.29 is 28.3 Å². The third kappa shape index (κ3) is 6.32. The summed E-state index contributed by atoms with van der Waals surface area (Å²) < 4.78 is 22.1. The number of anilines is 1. The summed E-state index contributed by atoms with van der Waals surface area (Å²) in [6.07, 6.45) is 6.52. The quantitative estimate of drug-likeness (QED) is 0.181. The van der Waals surface area contributed by atoms with Crippen LogP contribution in [0.25, 0.3) is 11.1 Å². The number of ether oxygens (including phenoxy) is 1. The number of pyridine rings is 1. The van der Waals surface area contributed by atoms with Crippen molar-refractivity contribution in [3.05, 3.63) is 93.1 Å². The highest BCUT2D eigenvalue weighted by Gasteiger charge is 2.44. The maximum absolute atomic E-state index is 14.1. The first kappa shape index (κ1) is 33.6. The molecule has 50 heavy (non-hydrogen) atoms. The molecule has 15 heteroatoms. The van der Waals surface area contributed by atoms with Crippen LogP contribution in [-0.2, 0) is 16.1 Å². The van der Waals surface area contributed by atoms with Crippen LogP contribution < -0.4 is 15.8 Å². The molecule has 2 aromatic heterocycles. The zero-order valence-electron chi connectivity index (χ0n) is 26.9. The largest absolute Gasteiger partial charge is 0.482 e. The molecule has 2 saturated heterocycles. The van der Waals surface area contributed by atoms with Gasteiger partial charge >= 0.3 is 0 Å². The molecular formula is C35H32Cl2FN7O5. The van der Waals surface area contributed by atoms with Gasteiger partial charge in [0.2, 0.25) is 11.8 Å². The van der Waals surface area contributed by atoms with Gasteiger partial charge in [0.15, 0.2) is 11.6 Å². The average molecular weight is 721 g/mol. The highest BCUT2D eigenvalue weighted by molar-refractivity contribution is 6.36. The Balaban J connectivity index is 0.976. The van der Waals surface area contributed by atoms with Gasteiger partial charge < -0.3 is 10.5 Å². The predicted molar refractivity (Wildman–Crippen MR) is 182 cm³/mol. The van der Waals surface area contributed by atoms with Crippen molar-refractivity contribution in [1.29, 1.82) is 0 Å². The Kier molecular flexibility index (Phi) is 9.06. The Morgan fingerprint density at radius 1 is 1.00 bits per heavy atom. The SMILES string of the molecule is CC(Oc1cc(-c2cnn(C3CCN(Cc4ccc5c(c4)C(=O)N(C4CCC(=O)NC4=O)C5=O)CC3)c2)cnc1N)c1c(Cl)ccc(F)c1Cl. The number of nitrogens with zero attached hydrogens (tertiary/aromatic N) is 5. The molecule has 0 radical (unpaired) electrons. The van der Waals surface area contributed by atoms with Crippen molar-refractivity contribution in [3.63, 3.8) is 0 Å². The van der Waals surface area contributed by atoms with Crippen molar-refractivity contribution in [1.82, 2.24) is 29.9 Å². The van der Waals surface area contributed by atoms with E-state index in [0.717, 1.165) is 47.5 Å². The summed E-state index contributed by atoms with van der Waals surface area (Å²) in [5, 5.41) is 7.01. The van der Waals surface area contributed by atoms with E-state index in [2.05, 4.69) is 20.3 Å². The minimum atomic E-state index is -0.994. The molecule has 0 bridgehead atoms. The van der Waals surface area contributed by atoms with E-state index in [9.17, 15) is 23.6 Å². The fourth-order valence-corrected chi connectivity index (χ4v) is 7.45. The van der Waals surface area contributed by atoms with Crippen LogP contribution in [0.5, 0.6) is 5.75 Å². The van der Waals surface area contributed by atoms with E-state index in [-0.39, 0.29) is 45.9 Å². The van der Waals surface area contributed by atoms with E-state index >= 15 is 0 Å². The van der Waals surface area contributed by atoms with Crippen molar-refractivity contribution in [3.8, 4) is 16.9 Å². The van der Waals surface area contributed by atoms with Gasteiger partial charge in [-0.15, -0.1) is 0 Å². The molecule has 2 aromatic carbocycles. The highest BCUT2D eigenvalue weighted by atomic mass is 35.5. The lowest BCUT2D eigenvalue weighted by Crippen LogP contribution is -2.54. The molecule has 0 saturated carbocycles. The summed E-state index contributed by atoms with van der Waals surface area (Å²) in [5.41, 5.74) is 9.42. The third-order valence-corrected chi connectivity index (χ3v) is 10.2. The van der Waals surface area contributed by atoms with E-state index in [1.165, 1.54) is 12.1 Å². The number of nitrogens with one attached hydrogen (secondary N) is 1. The zero-order valence-corrected chi connectivity index (χ0v) is 28.4. The monoisotopic (exact) mass is 719 g/mol. The first-order chi connectivity index (χ1) is 24.0. The molecule has 5 heterocycles. The lowest BCUT2D eigenvalue weighted by molar-refractivity contribution is -0.136. The topological polar surface area (TPSA) is 153 Å². The van der Waals surface area contributed by atoms with Crippen LogP contribution >= 0.6 is 23.2 Å². The molecule has 4 aromatic rings. The fraction of sp³-hybridized carbons (Fsp3) is 0.314. The van der Waals surface area contributed by atoms with Gasteiger partial charge in [0.25, 0.3) is 11.8 Å². The van der Waals surface area contributed by atoms with Crippen molar-refractivity contribution in [2.45, 2.75) is 57.3 Å². The van der Waals surface area contributed by atoms with Gasteiger partial charge in [-0.1, -0.05) is 29.3 Å². The minimum absolute atomic E-state index is 0.0735. The number of carbonyl (C=O) groups excluding carboxylic acids is 4. The first-order valence-electron chi connectivity index (χ1n) is 16.2. The summed E-state index contributed by atoms with van der Waals surface area (Å²) in [6.45, 7) is 3.87. The van der Waals surface area contributed by atoms with Gasteiger partial charge in [-0.2, -0.15) is 5.10 Å². The van der Waals surface area contributed by atoms with Crippen LogP contribution in [0.4, 0.5) is 10.2 Å². The lowest BCUT2D eigenvalue weighted by Gasteiger charge is -2.32. The number of hydrogen-bond donors (Lipinski definition) is 2. The maximum Gasteiger partial charge on any atom is 0.262 e. The Labute approximate surface area is 296 Å². The number of imide groups is 2. The standard InChI is InChI=1S/C35H32Cl2FN7O5/c1-18(30-25(36)4-5-26(38)31(30)37)50-28-13-20(14-40-32(28)39)21-15-41-44(17-21)22-8-10-43(11-9-22)16-19-2-3-23-24(12-19)35(49)45(34(23)48)27-6-7-29(46)42-33(27)47/h2-5,12-15,17-18,22,27H,6-11,16H2,1H3,(H2,39,40)(H,42,46,47). The van der Waals surface area contributed by atoms with Crippen LogP contribution in [0, 0.1) is 5.82 Å².